The third-order valence-electron chi connectivity index (χ3n) is 3.84. The molecule has 0 atom stereocenters. The summed E-state index contributed by atoms with van der Waals surface area (Å²) in [4.78, 5) is 16.3. The predicted molar refractivity (Wildman–Crippen MR) is 97.9 cm³/mol. The number of ether oxygens (including phenoxy) is 2. The molecule has 1 aromatic carbocycles. The van der Waals surface area contributed by atoms with Crippen LogP contribution in [0.5, 0.6) is 0 Å². The van der Waals surface area contributed by atoms with Crippen molar-refractivity contribution >= 4 is 22.0 Å². The normalized spacial score (nSPS) is 16.3. The predicted octanol–water partition coefficient (Wildman–Crippen LogP) is 3.65. The standard InChI is InChI=1S/C18H27BrN2O3/c1-18(2,3)24-17(22)21-9-7-20(8-10-21)12-14-5-6-16(19)15(11-14)13-23-4/h5-6,11H,7-10,12-13H2,1-4H3. The quantitative estimate of drug-likeness (QED) is 0.775. The smallest absolute Gasteiger partial charge is 0.410 e. The highest BCUT2D eigenvalue weighted by atomic mass is 79.9. The van der Waals surface area contributed by atoms with Gasteiger partial charge in [0.1, 0.15) is 5.60 Å². The lowest BCUT2D eigenvalue weighted by Gasteiger charge is -2.35. The van der Waals surface area contributed by atoms with E-state index in [-0.39, 0.29) is 6.09 Å². The molecule has 0 radical (unpaired) electrons. The van der Waals surface area contributed by atoms with E-state index < -0.39 is 5.60 Å². The van der Waals surface area contributed by atoms with Gasteiger partial charge in [0.15, 0.2) is 0 Å². The summed E-state index contributed by atoms with van der Waals surface area (Å²) in [6.07, 6.45) is -0.215. The van der Waals surface area contributed by atoms with E-state index in [1.807, 2.05) is 20.8 Å². The molecule has 0 saturated carbocycles. The molecular formula is C18H27BrN2O3. The van der Waals surface area contributed by atoms with Gasteiger partial charge in [-0.1, -0.05) is 28.1 Å². The van der Waals surface area contributed by atoms with Crippen molar-refractivity contribution < 1.29 is 14.3 Å². The van der Waals surface area contributed by atoms with Crippen LogP contribution in [0.15, 0.2) is 22.7 Å². The Kier molecular flexibility index (Phi) is 6.66. The van der Waals surface area contributed by atoms with Crippen LogP contribution in [0.1, 0.15) is 31.9 Å². The Bertz CT molecular complexity index is 564. The van der Waals surface area contributed by atoms with E-state index in [2.05, 4.69) is 39.0 Å². The minimum atomic E-state index is -0.441. The van der Waals surface area contributed by atoms with Crippen LogP contribution < -0.4 is 0 Å². The van der Waals surface area contributed by atoms with Crippen LogP contribution in [0.4, 0.5) is 4.79 Å². The number of piperazine rings is 1. The maximum atomic E-state index is 12.1. The molecule has 134 valence electrons. The molecule has 1 aromatic rings. The molecule has 1 amide bonds. The lowest BCUT2D eigenvalue weighted by molar-refractivity contribution is 0.0139. The highest BCUT2D eigenvalue weighted by Gasteiger charge is 2.25. The Morgan fingerprint density at radius 1 is 1.21 bits per heavy atom. The van der Waals surface area contributed by atoms with E-state index in [1.54, 1.807) is 12.0 Å². The zero-order valence-corrected chi connectivity index (χ0v) is 16.6. The topological polar surface area (TPSA) is 42.0 Å². The first-order valence-electron chi connectivity index (χ1n) is 8.25. The van der Waals surface area contributed by atoms with E-state index in [0.29, 0.717) is 19.7 Å². The molecule has 0 spiro atoms. The van der Waals surface area contributed by atoms with Crippen LogP contribution in [-0.4, -0.2) is 54.8 Å². The molecule has 6 heteroatoms. The molecule has 1 aliphatic heterocycles. The average molecular weight is 399 g/mol. The van der Waals surface area contributed by atoms with Gasteiger partial charge >= 0.3 is 6.09 Å². The molecule has 1 saturated heterocycles. The highest BCUT2D eigenvalue weighted by Crippen LogP contribution is 2.21. The average Bonchev–Trinajstić information content (AvgIpc) is 2.50. The van der Waals surface area contributed by atoms with E-state index in [0.717, 1.165) is 29.7 Å². The highest BCUT2D eigenvalue weighted by molar-refractivity contribution is 9.10. The van der Waals surface area contributed by atoms with Crippen molar-refractivity contribution in [2.24, 2.45) is 0 Å². The number of hydrogen-bond acceptors (Lipinski definition) is 4. The largest absolute Gasteiger partial charge is 0.444 e. The van der Waals surface area contributed by atoms with Crippen molar-refractivity contribution in [3.63, 3.8) is 0 Å². The van der Waals surface area contributed by atoms with Crippen molar-refractivity contribution in [2.75, 3.05) is 33.3 Å². The zero-order valence-electron chi connectivity index (χ0n) is 15.0. The molecule has 5 nitrogen and oxygen atoms in total. The van der Waals surface area contributed by atoms with Crippen molar-refractivity contribution in [1.82, 2.24) is 9.80 Å². The van der Waals surface area contributed by atoms with Crippen LogP contribution in [0.3, 0.4) is 0 Å². The first kappa shape index (κ1) is 19.2. The van der Waals surface area contributed by atoms with Crippen LogP contribution in [0.25, 0.3) is 0 Å². The van der Waals surface area contributed by atoms with Crippen molar-refractivity contribution in [2.45, 2.75) is 39.5 Å². The second kappa shape index (κ2) is 8.32. The number of benzene rings is 1. The fourth-order valence-corrected chi connectivity index (χ4v) is 3.03. The van der Waals surface area contributed by atoms with Gasteiger partial charge in [0.2, 0.25) is 0 Å². The van der Waals surface area contributed by atoms with Gasteiger partial charge in [-0.15, -0.1) is 0 Å². The second-order valence-electron chi connectivity index (χ2n) is 7.10. The van der Waals surface area contributed by atoms with Crippen LogP contribution in [-0.2, 0) is 22.6 Å². The van der Waals surface area contributed by atoms with Gasteiger partial charge in [-0.3, -0.25) is 4.90 Å². The maximum Gasteiger partial charge on any atom is 0.410 e. The number of hydrogen-bond donors (Lipinski definition) is 0. The molecule has 2 rings (SSSR count). The van der Waals surface area contributed by atoms with E-state index in [1.165, 1.54) is 5.56 Å². The fraction of sp³-hybridized carbons (Fsp3) is 0.611. The third kappa shape index (κ3) is 5.76. The van der Waals surface area contributed by atoms with E-state index >= 15 is 0 Å². The summed E-state index contributed by atoms with van der Waals surface area (Å²) in [7, 11) is 1.70. The Labute approximate surface area is 153 Å². The van der Waals surface area contributed by atoms with E-state index in [4.69, 9.17) is 9.47 Å². The molecule has 1 aliphatic rings. The minimum Gasteiger partial charge on any atom is -0.444 e. The number of amides is 1. The first-order valence-corrected chi connectivity index (χ1v) is 9.04. The fourth-order valence-electron chi connectivity index (χ4n) is 2.67. The lowest BCUT2D eigenvalue weighted by atomic mass is 10.1. The summed E-state index contributed by atoms with van der Waals surface area (Å²) < 4.78 is 11.7. The summed E-state index contributed by atoms with van der Waals surface area (Å²) >= 11 is 3.55. The third-order valence-corrected chi connectivity index (χ3v) is 4.61. The number of rotatable bonds is 4. The number of nitrogens with zero attached hydrogens (tertiary/aromatic N) is 2. The molecule has 0 bridgehead atoms. The Hall–Kier alpha value is -1.11. The molecule has 0 aromatic heterocycles. The van der Waals surface area contributed by atoms with Crippen LogP contribution in [0, 0.1) is 0 Å². The van der Waals surface area contributed by atoms with Gasteiger partial charge in [-0.05, 0) is 38.0 Å². The molecule has 1 heterocycles. The van der Waals surface area contributed by atoms with E-state index in [9.17, 15) is 4.79 Å². The Morgan fingerprint density at radius 3 is 2.46 bits per heavy atom. The molecule has 24 heavy (non-hydrogen) atoms. The summed E-state index contributed by atoms with van der Waals surface area (Å²) in [6.45, 7) is 10.3. The SMILES string of the molecule is COCc1cc(CN2CCN(C(=O)OC(C)(C)C)CC2)ccc1Br. The van der Waals surface area contributed by atoms with Gasteiger partial charge in [-0.25, -0.2) is 4.79 Å². The van der Waals surface area contributed by atoms with Gasteiger partial charge in [0.05, 0.1) is 6.61 Å². The van der Waals surface area contributed by atoms with Gasteiger partial charge in [0, 0.05) is 44.3 Å². The number of carbonyl (C=O) groups excluding carboxylic acids is 1. The Morgan fingerprint density at radius 2 is 1.88 bits per heavy atom. The molecule has 0 N–H and O–H groups in total. The maximum absolute atomic E-state index is 12.1. The molecule has 0 aliphatic carbocycles. The second-order valence-corrected chi connectivity index (χ2v) is 7.96. The number of halogens is 1. The molecular weight excluding hydrogens is 372 g/mol. The first-order chi connectivity index (χ1) is 11.3. The number of methoxy groups -OCH3 is 1. The van der Waals surface area contributed by atoms with Gasteiger partial charge < -0.3 is 14.4 Å². The minimum absolute atomic E-state index is 0.215. The number of carbonyl (C=O) groups is 1. The monoisotopic (exact) mass is 398 g/mol. The van der Waals surface area contributed by atoms with Gasteiger partial charge in [-0.2, -0.15) is 0 Å². The molecule has 1 fully saturated rings. The zero-order chi connectivity index (χ0) is 17.7. The summed E-state index contributed by atoms with van der Waals surface area (Å²) in [5, 5.41) is 0. The Balaban J connectivity index is 1.87. The van der Waals surface area contributed by atoms with Gasteiger partial charge in [0.25, 0.3) is 0 Å². The summed E-state index contributed by atoms with van der Waals surface area (Å²) in [6, 6.07) is 6.37. The summed E-state index contributed by atoms with van der Waals surface area (Å²) in [5.74, 6) is 0. The van der Waals surface area contributed by atoms with Crippen molar-refractivity contribution in [1.29, 1.82) is 0 Å². The van der Waals surface area contributed by atoms with Crippen molar-refractivity contribution in [3.8, 4) is 0 Å². The molecule has 0 unspecified atom stereocenters. The van der Waals surface area contributed by atoms with Crippen LogP contribution in [0.2, 0.25) is 0 Å². The lowest BCUT2D eigenvalue weighted by Crippen LogP contribution is -2.49. The van der Waals surface area contributed by atoms with Crippen LogP contribution >= 0.6 is 15.9 Å². The van der Waals surface area contributed by atoms with Crippen molar-refractivity contribution in [3.05, 3.63) is 33.8 Å². The summed E-state index contributed by atoms with van der Waals surface area (Å²) in [5.41, 5.74) is 1.97.